The van der Waals surface area contributed by atoms with Crippen LogP contribution < -0.4 is 10.2 Å². The summed E-state index contributed by atoms with van der Waals surface area (Å²) in [5.41, 5.74) is 3.05. The number of anilines is 1. The summed E-state index contributed by atoms with van der Waals surface area (Å²) in [6, 6.07) is 8.28. The monoisotopic (exact) mass is 387 g/mol. The molecule has 1 atom stereocenters. The van der Waals surface area contributed by atoms with Gasteiger partial charge >= 0.3 is 0 Å². The molecule has 0 radical (unpaired) electrons. The Balaban J connectivity index is 1.70. The van der Waals surface area contributed by atoms with Crippen LogP contribution in [0.25, 0.3) is 0 Å². The quantitative estimate of drug-likeness (QED) is 0.854. The predicted molar refractivity (Wildman–Crippen MR) is 108 cm³/mol. The van der Waals surface area contributed by atoms with E-state index < -0.39 is 0 Å². The molecule has 1 aromatic carbocycles. The lowest BCUT2D eigenvalue weighted by Crippen LogP contribution is -2.33. The first-order chi connectivity index (χ1) is 12.8. The van der Waals surface area contributed by atoms with Crippen LogP contribution in [0, 0.1) is 13.8 Å². The van der Waals surface area contributed by atoms with Crippen LogP contribution in [0.4, 0.5) is 5.82 Å². The van der Waals surface area contributed by atoms with Crippen molar-refractivity contribution >= 4 is 23.3 Å². The highest BCUT2D eigenvalue weighted by molar-refractivity contribution is 6.30. The van der Waals surface area contributed by atoms with Crippen LogP contribution in [0.1, 0.15) is 33.9 Å². The van der Waals surface area contributed by atoms with Crippen molar-refractivity contribution in [3.05, 3.63) is 51.9 Å². The molecule has 0 spiro atoms. The van der Waals surface area contributed by atoms with Gasteiger partial charge in [0.05, 0.1) is 0 Å². The van der Waals surface area contributed by atoms with Crippen molar-refractivity contribution in [2.24, 2.45) is 0 Å². The minimum Gasteiger partial charge on any atom is -0.355 e. The summed E-state index contributed by atoms with van der Waals surface area (Å²) in [4.78, 5) is 25.0. The number of hydrogen-bond donors (Lipinski definition) is 1. The minimum atomic E-state index is -0.172. The average Bonchev–Trinajstić information content (AvgIpc) is 3.10. The van der Waals surface area contributed by atoms with Gasteiger partial charge in [0.15, 0.2) is 0 Å². The summed E-state index contributed by atoms with van der Waals surface area (Å²) < 4.78 is 0. The van der Waals surface area contributed by atoms with Crippen molar-refractivity contribution in [2.45, 2.75) is 32.9 Å². The first-order valence-electron chi connectivity index (χ1n) is 9.15. The standard InChI is InChI=1S/C20H26ClN5O/c1-13-14(2)23-18(20(27)25(3)4)24-19(13)26-9-8-17(12-26)22-11-15-6-5-7-16(21)10-15/h5-7,10,17,22H,8-9,11-12H2,1-4H3/t17-/m1/s1. The molecule has 0 saturated carbocycles. The van der Waals surface area contributed by atoms with Gasteiger partial charge in [0.2, 0.25) is 5.82 Å². The molecule has 0 bridgehead atoms. The first-order valence-corrected chi connectivity index (χ1v) is 9.52. The Morgan fingerprint density at radius 1 is 1.33 bits per heavy atom. The molecule has 1 amide bonds. The Labute approximate surface area is 165 Å². The lowest BCUT2D eigenvalue weighted by atomic mass is 10.2. The number of amides is 1. The van der Waals surface area contributed by atoms with Gasteiger partial charge in [0.25, 0.3) is 5.91 Å². The van der Waals surface area contributed by atoms with Gasteiger partial charge in [-0.25, -0.2) is 9.97 Å². The highest BCUT2D eigenvalue weighted by atomic mass is 35.5. The number of rotatable bonds is 5. The van der Waals surface area contributed by atoms with Crippen molar-refractivity contribution in [1.29, 1.82) is 0 Å². The second-order valence-electron chi connectivity index (χ2n) is 7.22. The number of aryl methyl sites for hydroxylation is 1. The molecule has 1 fully saturated rings. The molecule has 2 heterocycles. The predicted octanol–water partition coefficient (Wildman–Crippen LogP) is 2.82. The van der Waals surface area contributed by atoms with E-state index in [1.807, 2.05) is 32.0 Å². The molecule has 6 nitrogen and oxygen atoms in total. The number of carbonyl (C=O) groups excluding carboxylic acids is 1. The van der Waals surface area contributed by atoms with Gasteiger partial charge in [0, 0.05) is 56.1 Å². The fraction of sp³-hybridized carbons (Fsp3) is 0.450. The van der Waals surface area contributed by atoms with Gasteiger partial charge in [-0.05, 0) is 38.0 Å². The molecule has 1 aliphatic rings. The van der Waals surface area contributed by atoms with Crippen LogP contribution in [0.2, 0.25) is 5.02 Å². The van der Waals surface area contributed by atoms with Gasteiger partial charge in [0.1, 0.15) is 5.82 Å². The zero-order valence-electron chi connectivity index (χ0n) is 16.3. The zero-order valence-corrected chi connectivity index (χ0v) is 17.0. The summed E-state index contributed by atoms with van der Waals surface area (Å²) >= 11 is 6.06. The molecular weight excluding hydrogens is 362 g/mol. The van der Waals surface area contributed by atoms with Gasteiger partial charge < -0.3 is 15.1 Å². The number of carbonyl (C=O) groups is 1. The third-order valence-electron chi connectivity index (χ3n) is 4.93. The van der Waals surface area contributed by atoms with E-state index in [0.717, 1.165) is 48.2 Å². The van der Waals surface area contributed by atoms with Crippen LogP contribution in [0.3, 0.4) is 0 Å². The number of hydrogen-bond acceptors (Lipinski definition) is 5. The largest absolute Gasteiger partial charge is 0.355 e. The van der Waals surface area contributed by atoms with E-state index in [9.17, 15) is 4.79 Å². The maximum Gasteiger partial charge on any atom is 0.291 e. The highest BCUT2D eigenvalue weighted by Crippen LogP contribution is 2.24. The van der Waals surface area contributed by atoms with E-state index in [2.05, 4.69) is 26.3 Å². The topological polar surface area (TPSA) is 61.4 Å². The zero-order chi connectivity index (χ0) is 19.6. The van der Waals surface area contributed by atoms with E-state index in [1.54, 1.807) is 14.1 Å². The lowest BCUT2D eigenvalue weighted by molar-refractivity contribution is 0.0815. The highest BCUT2D eigenvalue weighted by Gasteiger charge is 2.26. The average molecular weight is 388 g/mol. The van der Waals surface area contributed by atoms with E-state index in [4.69, 9.17) is 11.6 Å². The van der Waals surface area contributed by atoms with Gasteiger partial charge in [-0.15, -0.1) is 0 Å². The Kier molecular flexibility index (Phi) is 5.97. The first kappa shape index (κ1) is 19.6. The lowest BCUT2D eigenvalue weighted by Gasteiger charge is -2.22. The third kappa shape index (κ3) is 4.57. The van der Waals surface area contributed by atoms with E-state index >= 15 is 0 Å². The molecule has 144 valence electrons. The van der Waals surface area contributed by atoms with Crippen molar-refractivity contribution in [2.75, 3.05) is 32.1 Å². The summed E-state index contributed by atoms with van der Waals surface area (Å²) in [5, 5.41) is 4.35. The maximum atomic E-state index is 12.3. The number of aromatic nitrogens is 2. The molecular formula is C20H26ClN5O. The van der Waals surface area contributed by atoms with E-state index in [1.165, 1.54) is 10.5 Å². The summed E-state index contributed by atoms with van der Waals surface area (Å²) in [6.45, 7) is 6.48. The summed E-state index contributed by atoms with van der Waals surface area (Å²) in [6.07, 6.45) is 1.03. The van der Waals surface area contributed by atoms with Crippen LogP contribution >= 0.6 is 11.6 Å². The molecule has 2 aromatic rings. The third-order valence-corrected chi connectivity index (χ3v) is 5.17. The Hall–Kier alpha value is -2.18. The van der Waals surface area contributed by atoms with E-state index in [0.29, 0.717) is 6.04 Å². The molecule has 0 aliphatic carbocycles. The molecule has 27 heavy (non-hydrogen) atoms. The number of halogens is 1. The van der Waals surface area contributed by atoms with Crippen molar-refractivity contribution in [3.8, 4) is 0 Å². The van der Waals surface area contributed by atoms with Gasteiger partial charge in [-0.3, -0.25) is 4.79 Å². The number of nitrogens with zero attached hydrogens (tertiary/aromatic N) is 4. The van der Waals surface area contributed by atoms with Gasteiger partial charge in [-0.1, -0.05) is 23.7 Å². The Bertz CT molecular complexity index is 839. The summed E-state index contributed by atoms with van der Waals surface area (Å²) in [7, 11) is 3.43. The summed E-state index contributed by atoms with van der Waals surface area (Å²) in [5.74, 6) is 0.947. The molecule has 1 aliphatic heterocycles. The maximum absolute atomic E-state index is 12.3. The van der Waals surface area contributed by atoms with Crippen molar-refractivity contribution < 1.29 is 4.79 Å². The molecule has 0 unspecified atom stereocenters. The normalized spacial score (nSPS) is 16.6. The number of nitrogens with one attached hydrogen (secondary N) is 1. The molecule has 3 rings (SSSR count). The molecule has 1 aromatic heterocycles. The molecule has 7 heteroatoms. The van der Waals surface area contributed by atoms with Crippen molar-refractivity contribution in [1.82, 2.24) is 20.2 Å². The second-order valence-corrected chi connectivity index (χ2v) is 7.66. The van der Waals surface area contributed by atoms with Crippen LogP contribution in [0.5, 0.6) is 0 Å². The molecule has 1 N–H and O–H groups in total. The Morgan fingerprint density at radius 2 is 2.11 bits per heavy atom. The SMILES string of the molecule is Cc1nc(C(=O)N(C)C)nc(N2CC[C@@H](NCc3cccc(Cl)c3)C2)c1C. The fourth-order valence-corrected chi connectivity index (χ4v) is 3.46. The Morgan fingerprint density at radius 3 is 2.81 bits per heavy atom. The smallest absolute Gasteiger partial charge is 0.291 e. The second kappa shape index (κ2) is 8.23. The number of benzene rings is 1. The van der Waals surface area contributed by atoms with Gasteiger partial charge in [-0.2, -0.15) is 0 Å². The van der Waals surface area contributed by atoms with E-state index in [-0.39, 0.29) is 11.7 Å². The van der Waals surface area contributed by atoms with Crippen LogP contribution in [0.15, 0.2) is 24.3 Å². The fourth-order valence-electron chi connectivity index (χ4n) is 3.25. The minimum absolute atomic E-state index is 0.172. The van der Waals surface area contributed by atoms with Crippen LogP contribution in [-0.2, 0) is 6.54 Å². The molecule has 1 saturated heterocycles. The van der Waals surface area contributed by atoms with Crippen molar-refractivity contribution in [3.63, 3.8) is 0 Å². The van der Waals surface area contributed by atoms with Crippen LogP contribution in [-0.4, -0.2) is 54.0 Å².